The summed E-state index contributed by atoms with van der Waals surface area (Å²) in [5.74, 6) is 0.462. The molecule has 2 aliphatic rings. The van der Waals surface area contributed by atoms with E-state index in [2.05, 4.69) is 0 Å². The van der Waals surface area contributed by atoms with Crippen LogP contribution in [0.4, 0.5) is 4.79 Å². The molecule has 0 radical (unpaired) electrons. The van der Waals surface area contributed by atoms with Crippen molar-refractivity contribution in [3.05, 3.63) is 0 Å². The molecule has 1 amide bonds. The van der Waals surface area contributed by atoms with E-state index in [0.717, 1.165) is 32.2 Å². The fourth-order valence-corrected chi connectivity index (χ4v) is 3.45. The Morgan fingerprint density at radius 3 is 2.53 bits per heavy atom. The number of carbonyl (C=O) groups excluding carboxylic acids is 1. The lowest BCUT2D eigenvalue weighted by atomic mass is 9.83. The third-order valence-electron chi connectivity index (χ3n) is 4.30. The van der Waals surface area contributed by atoms with E-state index in [0.29, 0.717) is 12.0 Å². The third kappa shape index (κ3) is 3.62. The van der Waals surface area contributed by atoms with Crippen molar-refractivity contribution in [2.24, 2.45) is 11.7 Å². The molecule has 0 aromatic heterocycles. The van der Waals surface area contributed by atoms with Crippen molar-refractivity contribution in [3.8, 4) is 0 Å². The van der Waals surface area contributed by atoms with E-state index in [1.165, 1.54) is 12.8 Å². The molecule has 4 heteroatoms. The number of fused-ring (bicyclic) bond motifs is 1. The summed E-state index contributed by atoms with van der Waals surface area (Å²) in [6, 6.07) is 0.541. The summed E-state index contributed by atoms with van der Waals surface area (Å²) in [6.07, 6.45) is 6.60. The van der Waals surface area contributed by atoms with E-state index in [1.54, 1.807) is 0 Å². The maximum atomic E-state index is 12.4. The van der Waals surface area contributed by atoms with E-state index >= 15 is 0 Å². The highest BCUT2D eigenvalue weighted by Gasteiger charge is 2.39. The largest absolute Gasteiger partial charge is 0.444 e. The minimum atomic E-state index is -0.420. The highest BCUT2D eigenvalue weighted by Crippen LogP contribution is 2.34. The maximum absolute atomic E-state index is 12.4. The Balaban J connectivity index is 2.09. The molecule has 1 saturated heterocycles. The first-order chi connectivity index (χ1) is 8.88. The van der Waals surface area contributed by atoms with E-state index in [1.807, 2.05) is 25.7 Å². The van der Waals surface area contributed by atoms with Crippen LogP contribution in [0.15, 0.2) is 0 Å². The van der Waals surface area contributed by atoms with Crippen LogP contribution < -0.4 is 5.73 Å². The lowest BCUT2D eigenvalue weighted by Gasteiger charge is -2.42. The highest BCUT2D eigenvalue weighted by atomic mass is 16.6. The zero-order chi connectivity index (χ0) is 14.0. The van der Waals surface area contributed by atoms with Gasteiger partial charge in [-0.05, 0) is 52.4 Å². The van der Waals surface area contributed by atoms with E-state index < -0.39 is 5.60 Å². The predicted molar refractivity (Wildman–Crippen MR) is 75.9 cm³/mol. The van der Waals surface area contributed by atoms with Gasteiger partial charge in [0.15, 0.2) is 0 Å². The Morgan fingerprint density at radius 1 is 1.16 bits per heavy atom. The van der Waals surface area contributed by atoms with Crippen molar-refractivity contribution in [2.45, 2.75) is 77.0 Å². The molecule has 1 saturated carbocycles. The first-order valence-electron chi connectivity index (χ1n) is 7.64. The summed E-state index contributed by atoms with van der Waals surface area (Å²) < 4.78 is 5.55. The van der Waals surface area contributed by atoms with Crippen LogP contribution in [-0.2, 0) is 4.74 Å². The summed E-state index contributed by atoms with van der Waals surface area (Å²) in [6.45, 7) is 6.59. The van der Waals surface area contributed by atoms with Gasteiger partial charge in [0.2, 0.25) is 0 Å². The van der Waals surface area contributed by atoms with Crippen LogP contribution in [0.1, 0.15) is 59.3 Å². The van der Waals surface area contributed by atoms with Gasteiger partial charge >= 0.3 is 6.09 Å². The van der Waals surface area contributed by atoms with Crippen LogP contribution in [0.3, 0.4) is 0 Å². The Morgan fingerprint density at radius 2 is 1.84 bits per heavy atom. The Hall–Kier alpha value is -0.770. The topological polar surface area (TPSA) is 55.6 Å². The standard InChI is InChI=1S/C15H28N2O2/c1-15(2,3)19-14(18)17-10-6-7-11-12(16)8-4-5-9-13(11)17/h11-13H,4-10,16H2,1-3H3/t11-,12?,13+/m1/s1. The van der Waals surface area contributed by atoms with Crippen molar-refractivity contribution >= 4 is 6.09 Å². The second-order valence-electron chi connectivity index (χ2n) is 7.00. The van der Waals surface area contributed by atoms with Crippen LogP contribution in [0.25, 0.3) is 0 Å². The molecule has 19 heavy (non-hydrogen) atoms. The van der Waals surface area contributed by atoms with Gasteiger partial charge < -0.3 is 15.4 Å². The lowest BCUT2D eigenvalue weighted by Crippen LogP contribution is -2.53. The Labute approximate surface area is 116 Å². The summed E-state index contributed by atoms with van der Waals surface area (Å²) >= 11 is 0. The Bertz CT molecular complexity index is 325. The number of hydrogen-bond acceptors (Lipinski definition) is 3. The molecule has 0 aromatic rings. The molecule has 110 valence electrons. The number of nitrogens with zero attached hydrogens (tertiary/aromatic N) is 1. The first-order valence-corrected chi connectivity index (χ1v) is 7.64. The van der Waals surface area contributed by atoms with Gasteiger partial charge in [0, 0.05) is 18.6 Å². The number of amides is 1. The quantitative estimate of drug-likeness (QED) is 0.735. The SMILES string of the molecule is CC(C)(C)OC(=O)N1CCC[C@@H]2C(N)CCCC[C@@H]21. The summed E-state index contributed by atoms with van der Waals surface area (Å²) in [7, 11) is 0. The smallest absolute Gasteiger partial charge is 0.410 e. The fraction of sp³-hybridized carbons (Fsp3) is 0.933. The second kappa shape index (κ2) is 5.70. The summed E-state index contributed by atoms with van der Waals surface area (Å²) in [4.78, 5) is 14.3. The zero-order valence-electron chi connectivity index (χ0n) is 12.5. The van der Waals surface area contributed by atoms with Crippen LogP contribution >= 0.6 is 0 Å². The molecule has 0 bridgehead atoms. The molecule has 0 spiro atoms. The molecular formula is C15H28N2O2. The van der Waals surface area contributed by atoms with E-state index in [4.69, 9.17) is 10.5 Å². The normalized spacial score (nSPS) is 32.4. The first kappa shape index (κ1) is 14.6. The van der Waals surface area contributed by atoms with Gasteiger partial charge in [0.1, 0.15) is 5.60 Å². The van der Waals surface area contributed by atoms with E-state index in [9.17, 15) is 4.79 Å². The second-order valence-corrected chi connectivity index (χ2v) is 7.00. The monoisotopic (exact) mass is 268 g/mol. The number of likely N-dealkylation sites (tertiary alicyclic amines) is 1. The zero-order valence-corrected chi connectivity index (χ0v) is 12.5. The summed E-state index contributed by atoms with van der Waals surface area (Å²) in [5.41, 5.74) is 5.88. The van der Waals surface area contributed by atoms with Crippen LogP contribution in [0.2, 0.25) is 0 Å². The summed E-state index contributed by atoms with van der Waals surface area (Å²) in [5, 5.41) is 0. The molecule has 0 aromatic carbocycles. The van der Waals surface area contributed by atoms with Crippen LogP contribution in [-0.4, -0.2) is 35.2 Å². The average molecular weight is 268 g/mol. The number of rotatable bonds is 0. The molecule has 1 aliphatic heterocycles. The van der Waals surface area contributed by atoms with Gasteiger partial charge in [-0.2, -0.15) is 0 Å². The molecule has 4 nitrogen and oxygen atoms in total. The van der Waals surface area contributed by atoms with Crippen LogP contribution in [0.5, 0.6) is 0 Å². The van der Waals surface area contributed by atoms with Gasteiger partial charge in [-0.25, -0.2) is 4.79 Å². The minimum absolute atomic E-state index is 0.156. The van der Waals surface area contributed by atoms with Crippen LogP contribution in [0, 0.1) is 5.92 Å². The highest BCUT2D eigenvalue weighted by molar-refractivity contribution is 5.68. The number of carbonyl (C=O) groups is 1. The predicted octanol–water partition coefficient (Wildman–Crippen LogP) is 2.90. The number of hydrogen-bond donors (Lipinski definition) is 1. The number of piperidine rings is 1. The average Bonchev–Trinajstić information content (AvgIpc) is 2.49. The molecule has 2 fully saturated rings. The van der Waals surface area contributed by atoms with Gasteiger partial charge in [0.25, 0.3) is 0 Å². The molecular weight excluding hydrogens is 240 g/mol. The minimum Gasteiger partial charge on any atom is -0.444 e. The molecule has 2 rings (SSSR count). The van der Waals surface area contributed by atoms with Gasteiger partial charge in [0.05, 0.1) is 0 Å². The number of ether oxygens (including phenoxy) is 1. The molecule has 2 N–H and O–H groups in total. The lowest BCUT2D eigenvalue weighted by molar-refractivity contribution is -0.00274. The van der Waals surface area contributed by atoms with Gasteiger partial charge in [-0.1, -0.05) is 12.8 Å². The van der Waals surface area contributed by atoms with E-state index in [-0.39, 0.29) is 12.1 Å². The maximum Gasteiger partial charge on any atom is 0.410 e. The third-order valence-corrected chi connectivity index (χ3v) is 4.30. The van der Waals surface area contributed by atoms with Crippen molar-refractivity contribution in [3.63, 3.8) is 0 Å². The fourth-order valence-electron chi connectivity index (χ4n) is 3.45. The van der Waals surface area contributed by atoms with Crippen molar-refractivity contribution in [1.82, 2.24) is 4.90 Å². The number of nitrogens with two attached hydrogens (primary N) is 1. The van der Waals surface area contributed by atoms with Gasteiger partial charge in [-0.3, -0.25) is 0 Å². The molecule has 1 unspecified atom stereocenters. The van der Waals surface area contributed by atoms with Crippen molar-refractivity contribution in [1.29, 1.82) is 0 Å². The van der Waals surface area contributed by atoms with Gasteiger partial charge in [-0.15, -0.1) is 0 Å². The molecule has 1 aliphatic carbocycles. The van der Waals surface area contributed by atoms with Crippen molar-refractivity contribution < 1.29 is 9.53 Å². The van der Waals surface area contributed by atoms with Crippen molar-refractivity contribution in [2.75, 3.05) is 6.54 Å². The Kier molecular flexibility index (Phi) is 4.39. The molecule has 3 atom stereocenters. The molecule has 1 heterocycles.